The minimum atomic E-state index is -0.287. The van der Waals surface area contributed by atoms with Crippen LogP contribution in [0.25, 0.3) is 0 Å². The number of carbonyl (C=O) groups is 2. The minimum Gasteiger partial charge on any atom is -0.342 e. The van der Waals surface area contributed by atoms with E-state index in [0.29, 0.717) is 25.1 Å². The van der Waals surface area contributed by atoms with Crippen LogP contribution in [0.1, 0.15) is 12.0 Å². The number of hydrogen-bond acceptors (Lipinski definition) is 2. The molecule has 1 aliphatic rings. The first-order valence-electron chi connectivity index (χ1n) is 6.33. The van der Waals surface area contributed by atoms with Gasteiger partial charge in [0.15, 0.2) is 0 Å². The van der Waals surface area contributed by atoms with Gasteiger partial charge in [-0.15, -0.1) is 0 Å². The van der Waals surface area contributed by atoms with Crippen molar-refractivity contribution in [3.63, 3.8) is 0 Å². The van der Waals surface area contributed by atoms with Gasteiger partial charge in [-0.25, -0.2) is 4.39 Å². The zero-order valence-electron chi connectivity index (χ0n) is 10.9. The summed E-state index contributed by atoms with van der Waals surface area (Å²) in [6.07, 6.45) is 0.601. The van der Waals surface area contributed by atoms with Crippen LogP contribution in [0.2, 0.25) is 0 Å². The molecule has 1 aromatic rings. The molecule has 5 heteroatoms. The van der Waals surface area contributed by atoms with Crippen molar-refractivity contribution in [3.8, 4) is 0 Å². The lowest BCUT2D eigenvalue weighted by Crippen LogP contribution is -2.50. The highest BCUT2D eigenvalue weighted by Gasteiger charge is 2.24. The minimum absolute atomic E-state index is 0.0505. The molecule has 102 valence electrons. The Balaban J connectivity index is 1.88. The summed E-state index contributed by atoms with van der Waals surface area (Å²) in [4.78, 5) is 26.6. The lowest BCUT2D eigenvalue weighted by Gasteiger charge is -2.32. The number of rotatable bonds is 3. The number of amides is 2. The van der Waals surface area contributed by atoms with Crippen LogP contribution in [-0.2, 0) is 16.0 Å². The summed E-state index contributed by atoms with van der Waals surface area (Å²) >= 11 is 0. The normalized spacial score (nSPS) is 15.8. The van der Waals surface area contributed by atoms with E-state index in [1.165, 1.54) is 6.07 Å². The molecule has 0 unspecified atom stereocenters. The summed E-state index contributed by atoms with van der Waals surface area (Å²) in [5.41, 5.74) is 0.538. The quantitative estimate of drug-likeness (QED) is 0.819. The molecular formula is C14H17FN2O2. The molecule has 1 heterocycles. The molecule has 0 atom stereocenters. The van der Waals surface area contributed by atoms with Crippen molar-refractivity contribution in [2.45, 2.75) is 12.8 Å². The average molecular weight is 264 g/mol. The summed E-state index contributed by atoms with van der Waals surface area (Å²) in [6, 6.07) is 6.44. The van der Waals surface area contributed by atoms with E-state index in [1.54, 1.807) is 35.0 Å². The van der Waals surface area contributed by atoms with Crippen LogP contribution in [0.3, 0.4) is 0 Å². The second-order valence-electron chi connectivity index (χ2n) is 4.72. The summed E-state index contributed by atoms with van der Waals surface area (Å²) in [7, 11) is 1.73. The number of likely N-dealkylation sites (N-methyl/N-ethyl adjacent to an activating group) is 1. The fourth-order valence-electron chi connectivity index (χ4n) is 2.07. The Labute approximate surface area is 111 Å². The SMILES string of the molecule is CN1CCN(C(=O)CCc2ccccc2F)CC1=O. The van der Waals surface area contributed by atoms with Gasteiger partial charge in [-0.3, -0.25) is 9.59 Å². The molecule has 1 aliphatic heterocycles. The fourth-order valence-corrected chi connectivity index (χ4v) is 2.07. The third kappa shape index (κ3) is 3.30. The van der Waals surface area contributed by atoms with Crippen molar-refractivity contribution in [2.75, 3.05) is 26.7 Å². The van der Waals surface area contributed by atoms with Crippen molar-refractivity contribution in [3.05, 3.63) is 35.6 Å². The first-order valence-corrected chi connectivity index (χ1v) is 6.33. The zero-order chi connectivity index (χ0) is 13.8. The third-order valence-electron chi connectivity index (χ3n) is 3.38. The molecule has 2 amide bonds. The molecule has 0 aliphatic carbocycles. The van der Waals surface area contributed by atoms with Crippen molar-refractivity contribution < 1.29 is 14.0 Å². The molecular weight excluding hydrogens is 247 g/mol. The van der Waals surface area contributed by atoms with Crippen LogP contribution in [0.4, 0.5) is 4.39 Å². The van der Waals surface area contributed by atoms with Gasteiger partial charge in [0, 0.05) is 26.6 Å². The van der Waals surface area contributed by atoms with E-state index in [-0.39, 0.29) is 30.6 Å². The van der Waals surface area contributed by atoms with Crippen molar-refractivity contribution in [1.82, 2.24) is 9.80 Å². The Morgan fingerprint density at radius 3 is 2.74 bits per heavy atom. The summed E-state index contributed by atoms with van der Waals surface area (Å²) in [5, 5.41) is 0. The molecule has 0 saturated carbocycles. The summed E-state index contributed by atoms with van der Waals surface area (Å²) in [5.74, 6) is -0.431. The van der Waals surface area contributed by atoms with Crippen molar-refractivity contribution in [2.24, 2.45) is 0 Å². The predicted molar refractivity (Wildman–Crippen MR) is 68.9 cm³/mol. The molecule has 1 aromatic carbocycles. The molecule has 1 fully saturated rings. The number of nitrogens with zero attached hydrogens (tertiary/aromatic N) is 2. The average Bonchev–Trinajstić information content (AvgIpc) is 2.40. The Bertz CT molecular complexity index is 490. The molecule has 19 heavy (non-hydrogen) atoms. The van der Waals surface area contributed by atoms with Gasteiger partial charge < -0.3 is 9.80 Å². The number of benzene rings is 1. The Hall–Kier alpha value is -1.91. The van der Waals surface area contributed by atoms with Gasteiger partial charge in [-0.1, -0.05) is 18.2 Å². The van der Waals surface area contributed by atoms with E-state index in [0.717, 1.165) is 0 Å². The molecule has 0 bridgehead atoms. The van der Waals surface area contributed by atoms with Crippen LogP contribution in [0.5, 0.6) is 0 Å². The van der Waals surface area contributed by atoms with Gasteiger partial charge in [0.1, 0.15) is 5.82 Å². The molecule has 4 nitrogen and oxygen atoms in total. The monoisotopic (exact) mass is 264 g/mol. The molecule has 0 aromatic heterocycles. The van der Waals surface area contributed by atoms with Gasteiger partial charge in [0.2, 0.25) is 11.8 Å². The second-order valence-corrected chi connectivity index (χ2v) is 4.72. The Morgan fingerprint density at radius 2 is 2.05 bits per heavy atom. The van der Waals surface area contributed by atoms with Gasteiger partial charge in [0.25, 0.3) is 0 Å². The van der Waals surface area contributed by atoms with Crippen LogP contribution >= 0.6 is 0 Å². The lowest BCUT2D eigenvalue weighted by molar-refractivity contribution is -0.144. The van der Waals surface area contributed by atoms with Crippen molar-refractivity contribution in [1.29, 1.82) is 0 Å². The highest BCUT2D eigenvalue weighted by molar-refractivity contribution is 5.85. The number of piperazine rings is 1. The van der Waals surface area contributed by atoms with Crippen LogP contribution in [0, 0.1) is 5.82 Å². The first-order chi connectivity index (χ1) is 9.08. The van der Waals surface area contributed by atoms with Crippen LogP contribution in [-0.4, -0.2) is 48.3 Å². The highest BCUT2D eigenvalue weighted by Crippen LogP contribution is 2.11. The third-order valence-corrected chi connectivity index (χ3v) is 3.38. The first kappa shape index (κ1) is 13.5. The molecule has 2 rings (SSSR count). The molecule has 0 radical (unpaired) electrons. The largest absolute Gasteiger partial charge is 0.342 e. The predicted octanol–water partition coefficient (Wildman–Crippen LogP) is 1.06. The number of halogens is 1. The topological polar surface area (TPSA) is 40.6 Å². The van der Waals surface area contributed by atoms with E-state index in [9.17, 15) is 14.0 Å². The standard InChI is InChI=1S/C14H17FN2O2/c1-16-8-9-17(10-14(16)19)13(18)7-6-11-4-2-3-5-12(11)15/h2-5H,6-10H2,1H3. The number of carbonyl (C=O) groups excluding carboxylic acids is 2. The van der Waals surface area contributed by atoms with Gasteiger partial charge in [0.05, 0.1) is 6.54 Å². The van der Waals surface area contributed by atoms with E-state index < -0.39 is 0 Å². The van der Waals surface area contributed by atoms with Crippen molar-refractivity contribution >= 4 is 11.8 Å². The van der Waals surface area contributed by atoms with E-state index in [1.807, 2.05) is 0 Å². The maximum atomic E-state index is 13.4. The maximum absolute atomic E-state index is 13.4. The van der Waals surface area contributed by atoms with Gasteiger partial charge in [-0.2, -0.15) is 0 Å². The van der Waals surface area contributed by atoms with E-state index >= 15 is 0 Å². The second kappa shape index (κ2) is 5.82. The van der Waals surface area contributed by atoms with Crippen LogP contribution < -0.4 is 0 Å². The lowest BCUT2D eigenvalue weighted by atomic mass is 10.1. The summed E-state index contributed by atoms with van der Waals surface area (Å²) < 4.78 is 13.4. The highest BCUT2D eigenvalue weighted by atomic mass is 19.1. The van der Waals surface area contributed by atoms with E-state index in [2.05, 4.69) is 0 Å². The Morgan fingerprint density at radius 1 is 1.32 bits per heavy atom. The fraction of sp³-hybridized carbons (Fsp3) is 0.429. The number of hydrogen-bond donors (Lipinski definition) is 0. The maximum Gasteiger partial charge on any atom is 0.241 e. The molecule has 0 N–H and O–H groups in total. The summed E-state index contributed by atoms with van der Waals surface area (Å²) in [6.45, 7) is 1.25. The number of aryl methyl sites for hydroxylation is 1. The van der Waals surface area contributed by atoms with Crippen LogP contribution in [0.15, 0.2) is 24.3 Å². The Kier molecular flexibility index (Phi) is 4.14. The van der Waals surface area contributed by atoms with Gasteiger partial charge in [-0.05, 0) is 18.1 Å². The van der Waals surface area contributed by atoms with Gasteiger partial charge >= 0.3 is 0 Å². The molecule has 1 saturated heterocycles. The smallest absolute Gasteiger partial charge is 0.241 e. The van der Waals surface area contributed by atoms with E-state index in [4.69, 9.17) is 0 Å². The molecule has 0 spiro atoms. The zero-order valence-corrected chi connectivity index (χ0v) is 10.9.